The van der Waals surface area contributed by atoms with Gasteiger partial charge in [0.25, 0.3) is 0 Å². The van der Waals surface area contributed by atoms with Gasteiger partial charge in [-0.05, 0) is 31.9 Å². The van der Waals surface area contributed by atoms with Crippen molar-refractivity contribution in [3.63, 3.8) is 0 Å². The molecule has 0 fully saturated rings. The molecule has 0 amide bonds. The highest BCUT2D eigenvalue weighted by molar-refractivity contribution is 5.86. The van der Waals surface area contributed by atoms with Gasteiger partial charge in [-0.15, -0.1) is 0 Å². The molecule has 5 nitrogen and oxygen atoms in total. The van der Waals surface area contributed by atoms with E-state index in [2.05, 4.69) is 4.90 Å². The number of aryl methyl sites for hydroxylation is 2. The molecule has 1 aromatic carbocycles. The summed E-state index contributed by atoms with van der Waals surface area (Å²) in [4.78, 5) is 13.8. The molecule has 118 valence electrons. The zero-order valence-electron chi connectivity index (χ0n) is 13.2. The standard InChI is InChI=1S/C17H21NO4/c1-4-12-6-15(20)22-17-11(3)16-13(5-14(12)17)8-18(9-21-16)7-10(2)19/h5-6,10,19H,4,7-9H2,1-3H3/t10-/m0/s1. The molecule has 5 heteroatoms. The predicted octanol–water partition coefficient (Wildman–Crippen LogP) is 2.20. The predicted molar refractivity (Wildman–Crippen MR) is 84.2 cm³/mol. The molecule has 22 heavy (non-hydrogen) atoms. The number of nitrogens with zero attached hydrogens (tertiary/aromatic N) is 1. The minimum absolute atomic E-state index is 0.320. The lowest BCUT2D eigenvalue weighted by Gasteiger charge is -2.31. The Labute approximate surface area is 129 Å². The number of benzene rings is 1. The van der Waals surface area contributed by atoms with Crippen molar-refractivity contribution in [3.05, 3.63) is 39.2 Å². The normalized spacial score (nSPS) is 16.4. The molecule has 1 aliphatic rings. The molecule has 0 spiro atoms. The van der Waals surface area contributed by atoms with Crippen molar-refractivity contribution in [2.45, 2.75) is 39.8 Å². The Morgan fingerprint density at radius 1 is 1.41 bits per heavy atom. The Bertz CT molecular complexity index is 763. The van der Waals surface area contributed by atoms with Gasteiger partial charge in [-0.1, -0.05) is 6.92 Å². The molecule has 2 heterocycles. The molecule has 0 aliphatic carbocycles. The van der Waals surface area contributed by atoms with Crippen molar-refractivity contribution >= 4 is 11.0 Å². The van der Waals surface area contributed by atoms with Crippen LogP contribution in [0.1, 0.15) is 30.5 Å². The summed E-state index contributed by atoms with van der Waals surface area (Å²) in [6.45, 7) is 7.44. The van der Waals surface area contributed by atoms with Gasteiger partial charge in [0.05, 0.1) is 6.10 Å². The molecule has 3 rings (SSSR count). The first-order chi connectivity index (χ1) is 10.5. The van der Waals surface area contributed by atoms with Crippen LogP contribution in [0.4, 0.5) is 0 Å². The van der Waals surface area contributed by atoms with Crippen LogP contribution in [0.25, 0.3) is 11.0 Å². The van der Waals surface area contributed by atoms with Crippen molar-refractivity contribution in [1.82, 2.24) is 4.90 Å². The van der Waals surface area contributed by atoms with Crippen LogP contribution in [-0.2, 0) is 13.0 Å². The summed E-state index contributed by atoms with van der Waals surface area (Å²) in [6, 6.07) is 3.61. The number of ether oxygens (including phenoxy) is 1. The van der Waals surface area contributed by atoms with E-state index in [0.29, 0.717) is 18.9 Å². The molecule has 0 unspecified atom stereocenters. The second-order valence-corrected chi connectivity index (χ2v) is 5.94. The van der Waals surface area contributed by atoms with Crippen LogP contribution in [0, 0.1) is 6.92 Å². The third-order valence-corrected chi connectivity index (χ3v) is 4.07. The van der Waals surface area contributed by atoms with E-state index in [4.69, 9.17) is 9.15 Å². The average molecular weight is 303 g/mol. The Hall–Kier alpha value is -1.85. The fraction of sp³-hybridized carbons (Fsp3) is 0.471. The first kappa shape index (κ1) is 15.1. The van der Waals surface area contributed by atoms with Gasteiger partial charge in [-0.3, -0.25) is 4.90 Å². The number of hydrogen-bond donors (Lipinski definition) is 1. The third-order valence-electron chi connectivity index (χ3n) is 4.07. The second kappa shape index (κ2) is 5.74. The van der Waals surface area contributed by atoms with Crippen molar-refractivity contribution < 1.29 is 14.3 Å². The van der Waals surface area contributed by atoms with Gasteiger partial charge >= 0.3 is 5.63 Å². The Morgan fingerprint density at radius 3 is 2.86 bits per heavy atom. The molecule has 1 aliphatic heterocycles. The van der Waals surface area contributed by atoms with Crippen molar-refractivity contribution in [3.8, 4) is 5.75 Å². The van der Waals surface area contributed by atoms with Crippen molar-refractivity contribution in [2.24, 2.45) is 0 Å². The maximum Gasteiger partial charge on any atom is 0.336 e. The molecule has 0 bridgehead atoms. The first-order valence-corrected chi connectivity index (χ1v) is 7.62. The van der Waals surface area contributed by atoms with Gasteiger partial charge in [0.2, 0.25) is 0 Å². The van der Waals surface area contributed by atoms with E-state index in [1.165, 1.54) is 0 Å². The van der Waals surface area contributed by atoms with E-state index in [0.717, 1.165) is 40.8 Å². The van der Waals surface area contributed by atoms with E-state index in [1.807, 2.05) is 19.9 Å². The molecule has 0 saturated carbocycles. The fourth-order valence-electron chi connectivity index (χ4n) is 3.12. The SMILES string of the molecule is CCc1cc(=O)oc2c(C)c3c(cc12)CN(C[C@H](C)O)CO3. The van der Waals surface area contributed by atoms with Crippen molar-refractivity contribution in [2.75, 3.05) is 13.3 Å². The van der Waals surface area contributed by atoms with E-state index in [1.54, 1.807) is 13.0 Å². The van der Waals surface area contributed by atoms with Crippen LogP contribution in [-0.4, -0.2) is 29.4 Å². The Kier molecular flexibility index (Phi) is 3.93. The van der Waals surface area contributed by atoms with E-state index < -0.39 is 6.10 Å². The smallest absolute Gasteiger partial charge is 0.336 e. The highest BCUT2D eigenvalue weighted by Gasteiger charge is 2.23. The molecule has 1 aromatic heterocycles. The molecule has 0 saturated heterocycles. The maximum atomic E-state index is 11.7. The topological polar surface area (TPSA) is 62.9 Å². The lowest BCUT2D eigenvalue weighted by molar-refractivity contribution is 0.0498. The minimum Gasteiger partial charge on any atom is -0.477 e. The van der Waals surface area contributed by atoms with E-state index >= 15 is 0 Å². The van der Waals surface area contributed by atoms with Gasteiger partial charge in [-0.25, -0.2) is 4.79 Å². The molecule has 2 aromatic rings. The van der Waals surface area contributed by atoms with Gasteiger partial charge in [0, 0.05) is 35.7 Å². The number of aliphatic hydroxyl groups excluding tert-OH is 1. The molecule has 1 atom stereocenters. The monoisotopic (exact) mass is 303 g/mol. The van der Waals surface area contributed by atoms with Crippen LogP contribution < -0.4 is 10.4 Å². The average Bonchev–Trinajstić information content (AvgIpc) is 2.47. The molecular formula is C17H21NO4. The largest absolute Gasteiger partial charge is 0.477 e. The number of β-amino-alcohol motifs (C(OH)–C–C–N with tert-alkyl or cyclic N) is 1. The summed E-state index contributed by atoms with van der Waals surface area (Å²) in [5, 5.41) is 10.5. The lowest BCUT2D eigenvalue weighted by Crippen LogP contribution is -2.37. The summed E-state index contributed by atoms with van der Waals surface area (Å²) in [6.07, 6.45) is 0.384. The van der Waals surface area contributed by atoms with Gasteiger partial charge < -0.3 is 14.3 Å². The van der Waals surface area contributed by atoms with Crippen LogP contribution >= 0.6 is 0 Å². The fourth-order valence-corrected chi connectivity index (χ4v) is 3.12. The van der Waals surface area contributed by atoms with Gasteiger partial charge in [0.1, 0.15) is 18.1 Å². The summed E-state index contributed by atoms with van der Waals surface area (Å²) in [7, 11) is 0. The molecular weight excluding hydrogens is 282 g/mol. The lowest BCUT2D eigenvalue weighted by atomic mass is 9.99. The number of hydrogen-bond acceptors (Lipinski definition) is 5. The third kappa shape index (κ3) is 2.62. The van der Waals surface area contributed by atoms with Crippen LogP contribution in [0.2, 0.25) is 0 Å². The Morgan fingerprint density at radius 2 is 2.18 bits per heavy atom. The maximum absolute atomic E-state index is 11.7. The van der Waals surface area contributed by atoms with Gasteiger partial charge in [-0.2, -0.15) is 0 Å². The van der Waals surface area contributed by atoms with E-state index in [-0.39, 0.29) is 5.63 Å². The first-order valence-electron chi connectivity index (χ1n) is 7.62. The van der Waals surface area contributed by atoms with E-state index in [9.17, 15) is 9.90 Å². The zero-order valence-corrected chi connectivity index (χ0v) is 13.2. The minimum atomic E-state index is -0.393. The number of aliphatic hydroxyl groups is 1. The highest BCUT2D eigenvalue weighted by atomic mass is 16.5. The van der Waals surface area contributed by atoms with Gasteiger partial charge in [0.15, 0.2) is 0 Å². The quantitative estimate of drug-likeness (QED) is 0.881. The number of fused-ring (bicyclic) bond motifs is 2. The summed E-state index contributed by atoms with van der Waals surface area (Å²) in [5.74, 6) is 0.797. The number of rotatable bonds is 3. The van der Waals surface area contributed by atoms with Crippen LogP contribution in [0.5, 0.6) is 5.75 Å². The second-order valence-electron chi connectivity index (χ2n) is 5.94. The zero-order chi connectivity index (χ0) is 15.9. The summed E-state index contributed by atoms with van der Waals surface area (Å²) >= 11 is 0. The summed E-state index contributed by atoms with van der Waals surface area (Å²) in [5.41, 5.74) is 3.23. The Balaban J connectivity index is 2.12. The van der Waals surface area contributed by atoms with Crippen LogP contribution in [0.3, 0.4) is 0 Å². The molecule has 0 radical (unpaired) electrons. The van der Waals surface area contributed by atoms with Crippen LogP contribution in [0.15, 0.2) is 21.3 Å². The molecule has 1 N–H and O–H groups in total. The van der Waals surface area contributed by atoms with Crippen molar-refractivity contribution in [1.29, 1.82) is 0 Å². The summed E-state index contributed by atoms with van der Waals surface area (Å²) < 4.78 is 11.2. The highest BCUT2D eigenvalue weighted by Crippen LogP contribution is 2.35.